The zero-order valence-corrected chi connectivity index (χ0v) is 12.2. The van der Waals surface area contributed by atoms with Crippen molar-refractivity contribution in [1.29, 1.82) is 0 Å². The molecule has 0 spiro atoms. The molecule has 0 aliphatic carbocycles. The van der Waals surface area contributed by atoms with Crippen molar-refractivity contribution < 1.29 is 4.74 Å². The van der Waals surface area contributed by atoms with Crippen LogP contribution in [0.5, 0.6) is 5.75 Å². The van der Waals surface area contributed by atoms with E-state index < -0.39 is 0 Å². The van der Waals surface area contributed by atoms with Gasteiger partial charge in [0.05, 0.1) is 4.47 Å². The third-order valence-corrected chi connectivity index (χ3v) is 3.23. The first kappa shape index (κ1) is 12.9. The van der Waals surface area contributed by atoms with Crippen LogP contribution in [0, 0.1) is 0 Å². The molecule has 0 aromatic heterocycles. The van der Waals surface area contributed by atoms with Crippen molar-refractivity contribution in [3.05, 3.63) is 27.1 Å². The average molecular weight is 353 g/mol. The number of benzene rings is 1. The summed E-state index contributed by atoms with van der Waals surface area (Å²) in [6, 6.07) is 5.70. The summed E-state index contributed by atoms with van der Waals surface area (Å²) in [7, 11) is 0. The van der Waals surface area contributed by atoms with E-state index in [2.05, 4.69) is 31.9 Å². The van der Waals surface area contributed by atoms with Crippen molar-refractivity contribution in [2.45, 2.75) is 19.4 Å². The van der Waals surface area contributed by atoms with Gasteiger partial charge in [-0.05, 0) is 40.5 Å². The van der Waals surface area contributed by atoms with E-state index in [0.717, 1.165) is 21.1 Å². The summed E-state index contributed by atoms with van der Waals surface area (Å²) in [6.45, 7) is 1.98. The number of halogens is 2. The standard InChI is InChI=1S/C10H11Br2NOS/c1-2-8(10(13)15)14-9-4-3-6(11)5-7(9)12/h3-5,8H,2H2,1H3,(H2,13,15). The van der Waals surface area contributed by atoms with Crippen LogP contribution < -0.4 is 10.5 Å². The van der Waals surface area contributed by atoms with Crippen LogP contribution >= 0.6 is 44.1 Å². The lowest BCUT2D eigenvalue weighted by Crippen LogP contribution is -2.31. The highest BCUT2D eigenvalue weighted by molar-refractivity contribution is 9.11. The van der Waals surface area contributed by atoms with Gasteiger partial charge in [-0.25, -0.2) is 0 Å². The van der Waals surface area contributed by atoms with Gasteiger partial charge in [0.2, 0.25) is 0 Å². The molecule has 82 valence electrons. The summed E-state index contributed by atoms with van der Waals surface area (Å²) in [4.78, 5) is 0.382. The van der Waals surface area contributed by atoms with Crippen molar-refractivity contribution in [1.82, 2.24) is 0 Å². The fourth-order valence-electron chi connectivity index (χ4n) is 1.07. The van der Waals surface area contributed by atoms with E-state index in [1.54, 1.807) is 0 Å². The molecule has 5 heteroatoms. The molecule has 1 aromatic carbocycles. The maximum Gasteiger partial charge on any atom is 0.148 e. The Kier molecular flexibility index (Phi) is 5.02. The lowest BCUT2D eigenvalue weighted by Gasteiger charge is -2.17. The molecule has 0 saturated carbocycles. The molecule has 1 atom stereocenters. The van der Waals surface area contributed by atoms with Crippen molar-refractivity contribution in [2.75, 3.05) is 0 Å². The van der Waals surface area contributed by atoms with Crippen molar-refractivity contribution in [2.24, 2.45) is 5.73 Å². The van der Waals surface area contributed by atoms with E-state index >= 15 is 0 Å². The number of thiocarbonyl (C=S) groups is 1. The van der Waals surface area contributed by atoms with Crippen LogP contribution in [0.4, 0.5) is 0 Å². The number of hydrogen-bond donors (Lipinski definition) is 1. The maximum atomic E-state index is 5.68. The molecule has 0 heterocycles. The van der Waals surface area contributed by atoms with Gasteiger partial charge in [0.15, 0.2) is 0 Å². The van der Waals surface area contributed by atoms with Crippen LogP contribution in [0.15, 0.2) is 27.1 Å². The Morgan fingerprint density at radius 1 is 1.53 bits per heavy atom. The van der Waals surface area contributed by atoms with Gasteiger partial charge in [-0.3, -0.25) is 0 Å². The second-order valence-corrected chi connectivity index (χ2v) is 5.23. The van der Waals surface area contributed by atoms with E-state index in [1.165, 1.54) is 0 Å². The van der Waals surface area contributed by atoms with E-state index in [0.29, 0.717) is 4.99 Å². The Balaban J connectivity index is 2.84. The summed E-state index contributed by atoms with van der Waals surface area (Å²) in [5.74, 6) is 0.748. The highest BCUT2D eigenvalue weighted by Gasteiger charge is 2.12. The van der Waals surface area contributed by atoms with Gasteiger partial charge in [0.1, 0.15) is 16.8 Å². The van der Waals surface area contributed by atoms with Crippen molar-refractivity contribution >= 4 is 49.1 Å². The van der Waals surface area contributed by atoms with Crippen LogP contribution in [-0.4, -0.2) is 11.1 Å². The van der Waals surface area contributed by atoms with Crippen LogP contribution in [0.25, 0.3) is 0 Å². The molecular weight excluding hydrogens is 342 g/mol. The molecule has 0 aliphatic rings. The number of hydrogen-bond acceptors (Lipinski definition) is 2. The van der Waals surface area contributed by atoms with Crippen molar-refractivity contribution in [3.63, 3.8) is 0 Å². The molecule has 0 aliphatic heterocycles. The molecule has 0 amide bonds. The van der Waals surface area contributed by atoms with E-state index in [4.69, 9.17) is 22.7 Å². The van der Waals surface area contributed by atoms with Gasteiger partial charge in [-0.2, -0.15) is 0 Å². The quantitative estimate of drug-likeness (QED) is 0.840. The van der Waals surface area contributed by atoms with Crippen LogP contribution in [0.1, 0.15) is 13.3 Å². The molecule has 1 aromatic rings. The third-order valence-electron chi connectivity index (χ3n) is 1.85. The second-order valence-electron chi connectivity index (χ2n) is 2.99. The van der Waals surface area contributed by atoms with Crippen molar-refractivity contribution in [3.8, 4) is 5.75 Å². The van der Waals surface area contributed by atoms with Gasteiger partial charge in [0, 0.05) is 4.47 Å². The molecular formula is C10H11Br2NOS. The maximum absolute atomic E-state index is 5.68. The molecule has 2 N–H and O–H groups in total. The third kappa shape index (κ3) is 3.74. The average Bonchev–Trinajstić information content (AvgIpc) is 2.16. The Morgan fingerprint density at radius 3 is 2.67 bits per heavy atom. The van der Waals surface area contributed by atoms with Crippen LogP contribution in [-0.2, 0) is 0 Å². The minimum Gasteiger partial charge on any atom is -0.482 e. The monoisotopic (exact) mass is 351 g/mol. The predicted molar refractivity (Wildman–Crippen MR) is 73.3 cm³/mol. The van der Waals surface area contributed by atoms with Gasteiger partial charge in [-0.15, -0.1) is 0 Å². The summed E-state index contributed by atoms with van der Waals surface area (Å²) >= 11 is 11.7. The largest absolute Gasteiger partial charge is 0.482 e. The summed E-state index contributed by atoms with van der Waals surface area (Å²) < 4.78 is 7.55. The summed E-state index contributed by atoms with van der Waals surface area (Å²) in [5.41, 5.74) is 5.56. The van der Waals surface area contributed by atoms with Gasteiger partial charge in [0.25, 0.3) is 0 Å². The zero-order chi connectivity index (χ0) is 11.4. The second kappa shape index (κ2) is 5.82. The normalized spacial score (nSPS) is 12.2. The van der Waals surface area contributed by atoms with Crippen LogP contribution in [0.3, 0.4) is 0 Å². The fourth-order valence-corrected chi connectivity index (χ4v) is 2.42. The molecule has 2 nitrogen and oxygen atoms in total. The molecule has 0 saturated heterocycles. The Bertz CT molecular complexity index is 370. The Labute approximate surface area is 111 Å². The Hall–Kier alpha value is -0.130. The minimum absolute atomic E-state index is 0.211. The number of ether oxygens (including phenoxy) is 1. The molecule has 0 fully saturated rings. The minimum atomic E-state index is -0.211. The first-order valence-corrected chi connectivity index (χ1v) is 6.45. The van der Waals surface area contributed by atoms with Gasteiger partial charge in [-0.1, -0.05) is 35.1 Å². The van der Waals surface area contributed by atoms with E-state index in [-0.39, 0.29) is 6.10 Å². The summed E-state index contributed by atoms with van der Waals surface area (Å²) in [6.07, 6.45) is 0.551. The molecule has 0 radical (unpaired) electrons. The van der Waals surface area contributed by atoms with E-state index in [9.17, 15) is 0 Å². The predicted octanol–water partition coefficient (Wildman–Crippen LogP) is 3.66. The SMILES string of the molecule is CCC(Oc1ccc(Br)cc1Br)C(N)=S. The Morgan fingerprint density at radius 2 is 2.20 bits per heavy atom. The lowest BCUT2D eigenvalue weighted by molar-refractivity contribution is 0.262. The highest BCUT2D eigenvalue weighted by Crippen LogP contribution is 2.29. The zero-order valence-electron chi connectivity index (χ0n) is 8.17. The first-order valence-electron chi connectivity index (χ1n) is 4.45. The van der Waals surface area contributed by atoms with Gasteiger partial charge >= 0.3 is 0 Å². The van der Waals surface area contributed by atoms with E-state index in [1.807, 2.05) is 25.1 Å². The first-order chi connectivity index (χ1) is 7.04. The van der Waals surface area contributed by atoms with Crippen LogP contribution in [0.2, 0.25) is 0 Å². The fraction of sp³-hybridized carbons (Fsp3) is 0.300. The molecule has 15 heavy (non-hydrogen) atoms. The topological polar surface area (TPSA) is 35.2 Å². The summed E-state index contributed by atoms with van der Waals surface area (Å²) in [5, 5.41) is 0. The lowest BCUT2D eigenvalue weighted by atomic mass is 10.2. The molecule has 1 unspecified atom stereocenters. The smallest absolute Gasteiger partial charge is 0.148 e. The molecule has 1 rings (SSSR count). The highest BCUT2D eigenvalue weighted by atomic mass is 79.9. The van der Waals surface area contributed by atoms with Gasteiger partial charge < -0.3 is 10.5 Å². The molecule has 0 bridgehead atoms. The number of rotatable bonds is 4. The number of nitrogens with two attached hydrogens (primary N) is 1.